The second-order valence-corrected chi connectivity index (χ2v) is 10.7. The highest BCUT2D eigenvalue weighted by Crippen LogP contribution is 2.38. The fourth-order valence-corrected chi connectivity index (χ4v) is 5.52. The van der Waals surface area contributed by atoms with Crippen LogP contribution in [0.15, 0.2) is 54.6 Å². The van der Waals surface area contributed by atoms with Crippen molar-refractivity contribution in [3.63, 3.8) is 0 Å². The van der Waals surface area contributed by atoms with Gasteiger partial charge in [-0.1, -0.05) is 81.7 Å². The lowest BCUT2D eigenvalue weighted by atomic mass is 9.77. The van der Waals surface area contributed by atoms with Gasteiger partial charge < -0.3 is 9.84 Å². The molecular formula is C33H46O3. The molecule has 0 radical (unpaired) electrons. The van der Waals surface area contributed by atoms with Gasteiger partial charge in [0.25, 0.3) is 0 Å². The van der Waals surface area contributed by atoms with Gasteiger partial charge >= 0.3 is 5.97 Å². The van der Waals surface area contributed by atoms with Crippen LogP contribution >= 0.6 is 0 Å². The molecule has 0 atom stereocenters. The van der Waals surface area contributed by atoms with Crippen molar-refractivity contribution in [2.45, 2.75) is 96.8 Å². The van der Waals surface area contributed by atoms with Crippen molar-refractivity contribution >= 4 is 5.97 Å². The van der Waals surface area contributed by atoms with E-state index >= 15 is 0 Å². The molecule has 3 heteroatoms. The van der Waals surface area contributed by atoms with Crippen LogP contribution in [-0.4, -0.2) is 24.3 Å². The van der Waals surface area contributed by atoms with E-state index in [-0.39, 0.29) is 12.6 Å². The van der Waals surface area contributed by atoms with Crippen LogP contribution in [0.2, 0.25) is 0 Å². The third-order valence-corrected chi connectivity index (χ3v) is 7.76. The van der Waals surface area contributed by atoms with Crippen molar-refractivity contribution in [2.75, 3.05) is 13.2 Å². The highest BCUT2D eigenvalue weighted by atomic mass is 16.5. The number of hydrogen-bond donors (Lipinski definition) is 1. The topological polar surface area (TPSA) is 46.5 Å². The minimum atomic E-state index is -0.325. The maximum atomic E-state index is 11.7. The second-order valence-electron chi connectivity index (χ2n) is 10.7. The Morgan fingerprint density at radius 1 is 0.917 bits per heavy atom. The van der Waals surface area contributed by atoms with E-state index in [2.05, 4.69) is 56.0 Å². The lowest BCUT2D eigenvalue weighted by Crippen LogP contribution is -2.13. The Labute approximate surface area is 219 Å². The van der Waals surface area contributed by atoms with Crippen molar-refractivity contribution in [2.24, 2.45) is 5.92 Å². The molecule has 1 N–H and O–H groups in total. The van der Waals surface area contributed by atoms with E-state index in [0.29, 0.717) is 18.1 Å². The number of unbranched alkanes of at least 4 members (excludes halogenated alkanes) is 2. The molecule has 0 amide bonds. The smallest absolute Gasteiger partial charge is 0.333 e. The normalized spacial score (nSPS) is 17.6. The molecule has 3 rings (SSSR count). The number of esters is 1. The van der Waals surface area contributed by atoms with Crippen LogP contribution < -0.4 is 0 Å². The van der Waals surface area contributed by atoms with E-state index in [4.69, 9.17) is 4.74 Å². The summed E-state index contributed by atoms with van der Waals surface area (Å²) in [4.78, 5) is 11.7. The first-order chi connectivity index (χ1) is 17.5. The average Bonchev–Trinajstić information content (AvgIpc) is 2.90. The second kappa shape index (κ2) is 15.0. The van der Waals surface area contributed by atoms with Crippen LogP contribution in [0.25, 0.3) is 11.1 Å². The summed E-state index contributed by atoms with van der Waals surface area (Å²) in [6.45, 7) is 8.19. The molecule has 0 aliphatic heterocycles. The van der Waals surface area contributed by atoms with Gasteiger partial charge in [-0.05, 0) is 97.9 Å². The van der Waals surface area contributed by atoms with E-state index < -0.39 is 0 Å². The third-order valence-electron chi connectivity index (χ3n) is 7.76. The zero-order chi connectivity index (χ0) is 25.8. The molecule has 0 spiro atoms. The van der Waals surface area contributed by atoms with Gasteiger partial charge in [-0.2, -0.15) is 0 Å². The first kappa shape index (κ1) is 28.2. The van der Waals surface area contributed by atoms with Gasteiger partial charge in [0.05, 0.1) is 6.61 Å². The molecule has 1 fully saturated rings. The standard InChI is InChI=1S/C33H46O3/c1-4-5-6-9-26-12-14-28(15-13-26)29-16-18-30(19-17-29)32-21-20-27(10-7-22-34)31(24-32)11-8-23-36-33(35)25(2)3/h16-21,24,26,28,34H,2,4-15,22-23H2,1,3H3. The number of aliphatic hydroxyl groups is 1. The lowest BCUT2D eigenvalue weighted by molar-refractivity contribution is -0.139. The number of aliphatic hydroxyl groups excluding tert-OH is 1. The monoisotopic (exact) mass is 490 g/mol. The zero-order valence-corrected chi connectivity index (χ0v) is 22.6. The molecular weight excluding hydrogens is 444 g/mol. The van der Waals surface area contributed by atoms with Gasteiger partial charge in [0.1, 0.15) is 0 Å². The SMILES string of the molecule is C=C(C)C(=O)OCCCc1cc(-c2ccc(C3CCC(CCCCC)CC3)cc2)ccc1CCCO. The summed E-state index contributed by atoms with van der Waals surface area (Å²) < 4.78 is 5.28. The van der Waals surface area contributed by atoms with E-state index in [1.807, 2.05) is 0 Å². The summed E-state index contributed by atoms with van der Waals surface area (Å²) in [5.41, 5.74) is 6.94. The molecule has 0 aromatic heterocycles. The summed E-state index contributed by atoms with van der Waals surface area (Å²) in [6.07, 6.45) is 14.2. The Balaban J connectivity index is 1.61. The molecule has 36 heavy (non-hydrogen) atoms. The predicted molar refractivity (Wildman–Crippen MR) is 150 cm³/mol. The van der Waals surface area contributed by atoms with Crippen molar-refractivity contribution in [3.8, 4) is 11.1 Å². The first-order valence-corrected chi connectivity index (χ1v) is 14.2. The number of carbonyl (C=O) groups excluding carboxylic acids is 1. The minimum Gasteiger partial charge on any atom is -0.462 e. The Bertz CT molecular complexity index is 951. The van der Waals surface area contributed by atoms with Crippen molar-refractivity contribution in [1.82, 2.24) is 0 Å². The molecule has 2 aromatic rings. The van der Waals surface area contributed by atoms with E-state index in [1.54, 1.807) is 6.92 Å². The molecule has 3 nitrogen and oxygen atoms in total. The Kier molecular flexibility index (Phi) is 11.7. The van der Waals surface area contributed by atoms with Crippen LogP contribution in [0, 0.1) is 5.92 Å². The van der Waals surface area contributed by atoms with E-state index in [9.17, 15) is 9.90 Å². The van der Waals surface area contributed by atoms with Crippen LogP contribution in [0.1, 0.15) is 101 Å². The molecule has 1 aliphatic carbocycles. The van der Waals surface area contributed by atoms with Gasteiger partial charge in [-0.3, -0.25) is 0 Å². The van der Waals surface area contributed by atoms with Crippen molar-refractivity contribution in [1.29, 1.82) is 0 Å². The molecule has 196 valence electrons. The predicted octanol–water partition coefficient (Wildman–Crippen LogP) is 8.18. The maximum absolute atomic E-state index is 11.7. The highest BCUT2D eigenvalue weighted by molar-refractivity contribution is 5.86. The van der Waals surface area contributed by atoms with Crippen LogP contribution in [0.4, 0.5) is 0 Å². The molecule has 0 bridgehead atoms. The lowest BCUT2D eigenvalue weighted by Gasteiger charge is -2.29. The summed E-state index contributed by atoms with van der Waals surface area (Å²) in [5.74, 6) is 1.33. The van der Waals surface area contributed by atoms with Crippen LogP contribution in [0.3, 0.4) is 0 Å². The average molecular weight is 491 g/mol. The summed E-state index contributed by atoms with van der Waals surface area (Å²) >= 11 is 0. The Morgan fingerprint density at radius 2 is 1.61 bits per heavy atom. The fraction of sp³-hybridized carbons (Fsp3) is 0.545. The number of hydrogen-bond acceptors (Lipinski definition) is 3. The molecule has 2 aromatic carbocycles. The van der Waals surface area contributed by atoms with Crippen LogP contribution in [0.5, 0.6) is 0 Å². The van der Waals surface area contributed by atoms with Gasteiger partial charge in [0.15, 0.2) is 0 Å². The van der Waals surface area contributed by atoms with Gasteiger partial charge in [0.2, 0.25) is 0 Å². The minimum absolute atomic E-state index is 0.194. The quantitative estimate of drug-likeness (QED) is 0.165. The number of aryl methyl sites for hydroxylation is 2. The fourth-order valence-electron chi connectivity index (χ4n) is 5.52. The highest BCUT2D eigenvalue weighted by Gasteiger charge is 2.22. The van der Waals surface area contributed by atoms with Crippen LogP contribution in [-0.2, 0) is 22.4 Å². The molecule has 0 saturated heterocycles. The largest absolute Gasteiger partial charge is 0.462 e. The zero-order valence-electron chi connectivity index (χ0n) is 22.6. The first-order valence-electron chi connectivity index (χ1n) is 14.2. The molecule has 1 saturated carbocycles. The number of rotatable bonds is 14. The summed E-state index contributed by atoms with van der Waals surface area (Å²) in [7, 11) is 0. The number of benzene rings is 2. The third kappa shape index (κ3) is 8.62. The van der Waals surface area contributed by atoms with Crippen molar-refractivity contribution < 1.29 is 14.6 Å². The Hall–Kier alpha value is -2.39. The van der Waals surface area contributed by atoms with Gasteiger partial charge in [-0.25, -0.2) is 4.79 Å². The van der Waals surface area contributed by atoms with E-state index in [1.165, 1.54) is 79.2 Å². The maximum Gasteiger partial charge on any atom is 0.333 e. The van der Waals surface area contributed by atoms with Gasteiger partial charge in [0, 0.05) is 12.2 Å². The number of carbonyl (C=O) groups is 1. The van der Waals surface area contributed by atoms with Crippen molar-refractivity contribution in [3.05, 3.63) is 71.3 Å². The number of ether oxygens (including phenoxy) is 1. The molecule has 1 aliphatic rings. The molecule has 0 unspecified atom stereocenters. The summed E-state index contributed by atoms with van der Waals surface area (Å²) in [6, 6.07) is 15.9. The molecule has 0 heterocycles. The van der Waals surface area contributed by atoms with Gasteiger partial charge in [-0.15, -0.1) is 0 Å². The summed E-state index contributed by atoms with van der Waals surface area (Å²) in [5, 5.41) is 9.31. The van der Waals surface area contributed by atoms with E-state index in [0.717, 1.165) is 31.6 Å². The Morgan fingerprint density at radius 3 is 2.28 bits per heavy atom.